The lowest BCUT2D eigenvalue weighted by Gasteiger charge is -2.25. The third-order valence-electron chi connectivity index (χ3n) is 11.3. The van der Waals surface area contributed by atoms with E-state index in [2.05, 4.69) is 28.8 Å². The van der Waals surface area contributed by atoms with Crippen LogP contribution in [0.25, 0.3) is 31.9 Å². The van der Waals surface area contributed by atoms with Crippen molar-refractivity contribution in [2.45, 2.75) is 51.9 Å². The van der Waals surface area contributed by atoms with E-state index in [9.17, 15) is 19.2 Å². The van der Waals surface area contributed by atoms with Gasteiger partial charge < -0.3 is 20.1 Å². The fourth-order valence-corrected chi connectivity index (χ4v) is 8.81. The van der Waals surface area contributed by atoms with Gasteiger partial charge in [0.2, 0.25) is 0 Å². The van der Waals surface area contributed by atoms with E-state index in [1.54, 1.807) is 136 Å². The first-order valence-corrected chi connectivity index (χ1v) is 23.5. The van der Waals surface area contributed by atoms with E-state index in [4.69, 9.17) is 37.7 Å². The van der Waals surface area contributed by atoms with Crippen molar-refractivity contribution in [3.63, 3.8) is 0 Å². The molecule has 2 N–H and O–H groups in total. The van der Waals surface area contributed by atoms with Crippen molar-refractivity contribution in [1.82, 2.24) is 15.6 Å². The number of hydrogen-bond acceptors (Lipinski definition) is 8. The van der Waals surface area contributed by atoms with Gasteiger partial charge in [-0.05, 0) is 154 Å². The maximum absolute atomic E-state index is 13.3. The highest BCUT2D eigenvalue weighted by atomic mass is 35.5. The summed E-state index contributed by atoms with van der Waals surface area (Å²) < 4.78 is 13.2. The van der Waals surface area contributed by atoms with Gasteiger partial charge in [0.05, 0.1) is 10.2 Å². The number of ketones is 2. The molecule has 0 radical (unpaired) electrons. The summed E-state index contributed by atoms with van der Waals surface area (Å²) in [7, 11) is 0. The van der Waals surface area contributed by atoms with E-state index in [0.29, 0.717) is 63.3 Å². The second-order valence-corrected chi connectivity index (χ2v) is 19.1. The molecule has 8 rings (SSSR count). The average molecular weight is 961 g/mol. The minimum Gasteiger partial charge on any atom is -0.478 e. The van der Waals surface area contributed by atoms with Gasteiger partial charge in [0, 0.05) is 56.5 Å². The van der Waals surface area contributed by atoms with Crippen LogP contribution in [-0.2, 0) is 22.6 Å². The Labute approximate surface area is 409 Å². The van der Waals surface area contributed by atoms with E-state index in [1.165, 1.54) is 0 Å². The van der Waals surface area contributed by atoms with E-state index in [0.717, 1.165) is 43.0 Å². The number of aromatic nitrogens is 1. The predicted molar refractivity (Wildman–Crippen MR) is 271 cm³/mol. The molecule has 1 aromatic heterocycles. The highest BCUT2D eigenvalue weighted by Crippen LogP contribution is 2.37. The zero-order valence-electron chi connectivity index (χ0n) is 37.8. The van der Waals surface area contributed by atoms with E-state index < -0.39 is 11.2 Å². The molecule has 0 unspecified atom stereocenters. The fourth-order valence-electron chi connectivity index (χ4n) is 7.45. The van der Waals surface area contributed by atoms with Crippen LogP contribution in [0.3, 0.4) is 0 Å². The number of hydrogen-bond donors (Lipinski definition) is 2. The topological polar surface area (TPSA) is 124 Å². The third-order valence-corrected chi connectivity index (χ3v) is 12.9. The lowest BCUT2D eigenvalue weighted by atomic mass is 10.0. The molecule has 0 spiro atoms. The maximum atomic E-state index is 13.3. The van der Waals surface area contributed by atoms with Crippen molar-refractivity contribution in [2.24, 2.45) is 0 Å². The standard InChI is InChI=1S/C56H47Cl2N3O6S/c1-55(2,66-45-27-19-39(20-28-45)49(62)37-15-23-43(57)24-16-37)53(64)59-32-31-35-7-5-8-42(33-35)47-9-6-10-48-51(47)68-52(61-48)41-13-11-36(12-14-41)34-60-54(65)56(3,4)67-46-29-21-40(22-30-46)50(63)38-17-25-44(58)26-18-38/h5-30,33H,31-32,34H2,1-4H3,(H,59,64)(H,60,65). The Kier molecular flexibility index (Phi) is 14.2. The number of fused-ring (bicyclic) bond motifs is 1. The van der Waals surface area contributed by atoms with Gasteiger partial charge >= 0.3 is 0 Å². The Hall–Kier alpha value is -7.11. The first kappa shape index (κ1) is 47.4. The molecule has 1 heterocycles. The summed E-state index contributed by atoms with van der Waals surface area (Å²) in [6.45, 7) is 7.55. The zero-order chi connectivity index (χ0) is 48.0. The van der Waals surface area contributed by atoms with Crippen molar-refractivity contribution in [2.75, 3.05) is 6.54 Å². The van der Waals surface area contributed by atoms with Crippen LogP contribution in [0.5, 0.6) is 11.5 Å². The molecule has 7 aromatic carbocycles. The molecule has 8 aromatic rings. The van der Waals surface area contributed by atoms with Crippen molar-refractivity contribution in [3.8, 4) is 33.2 Å². The fraction of sp³-hybridized carbons (Fsp3) is 0.161. The van der Waals surface area contributed by atoms with Crippen molar-refractivity contribution in [1.29, 1.82) is 0 Å². The van der Waals surface area contributed by atoms with Crippen molar-refractivity contribution in [3.05, 3.63) is 207 Å². The van der Waals surface area contributed by atoms with Crippen molar-refractivity contribution >= 4 is 68.1 Å². The van der Waals surface area contributed by atoms with Crippen LogP contribution in [0.15, 0.2) is 164 Å². The summed E-state index contributed by atoms with van der Waals surface area (Å²) in [6, 6.07) is 49.3. The molecular weight excluding hydrogens is 914 g/mol. The number of halogens is 2. The van der Waals surface area contributed by atoms with Gasteiger partial charge in [0.15, 0.2) is 22.8 Å². The molecule has 0 aliphatic rings. The van der Waals surface area contributed by atoms with Crippen LogP contribution in [0.2, 0.25) is 10.0 Å². The van der Waals surface area contributed by atoms with Gasteiger partial charge in [-0.15, -0.1) is 11.3 Å². The molecule has 0 saturated heterocycles. The largest absolute Gasteiger partial charge is 0.478 e. The number of nitrogens with zero attached hydrogens (tertiary/aromatic N) is 1. The van der Waals surface area contributed by atoms with E-state index in [-0.39, 0.29) is 23.4 Å². The number of ether oxygens (including phenoxy) is 2. The van der Waals surface area contributed by atoms with Crippen molar-refractivity contribution < 1.29 is 28.7 Å². The van der Waals surface area contributed by atoms with Gasteiger partial charge in [0.1, 0.15) is 16.5 Å². The number of thiazole rings is 1. The second-order valence-electron chi connectivity index (χ2n) is 17.2. The molecule has 2 amide bonds. The molecule has 9 nitrogen and oxygen atoms in total. The molecule has 0 saturated carbocycles. The Morgan fingerprint density at radius 3 is 1.56 bits per heavy atom. The van der Waals surface area contributed by atoms with Crippen LogP contribution >= 0.6 is 34.5 Å². The Morgan fingerprint density at radius 2 is 1.03 bits per heavy atom. The smallest absolute Gasteiger partial charge is 0.263 e. The number of benzene rings is 7. The summed E-state index contributed by atoms with van der Waals surface area (Å²) >= 11 is 13.6. The molecule has 68 heavy (non-hydrogen) atoms. The van der Waals surface area contributed by atoms with E-state index in [1.807, 2.05) is 48.5 Å². The summed E-state index contributed by atoms with van der Waals surface area (Å²) in [6.07, 6.45) is 0.613. The summed E-state index contributed by atoms with van der Waals surface area (Å²) in [4.78, 5) is 57.3. The molecular formula is C56H47Cl2N3O6S. The maximum Gasteiger partial charge on any atom is 0.263 e. The number of nitrogens with one attached hydrogen (secondary N) is 2. The number of carbonyl (C=O) groups excluding carboxylic acids is 4. The SMILES string of the molecule is CC(C)(Oc1ccc(C(=O)c2ccc(Cl)cc2)cc1)C(=O)NCCc1cccc(-c2cccc3nc(-c4ccc(CNC(=O)C(C)(C)Oc5ccc(C(=O)c6ccc(Cl)cc6)cc5)cc4)sc23)c1. The Bertz CT molecular complexity index is 3110. The highest BCUT2D eigenvalue weighted by molar-refractivity contribution is 7.22. The monoisotopic (exact) mass is 959 g/mol. The number of rotatable bonds is 17. The molecule has 0 fully saturated rings. The molecule has 0 atom stereocenters. The molecule has 0 aliphatic heterocycles. The Morgan fingerprint density at radius 1 is 0.544 bits per heavy atom. The van der Waals surface area contributed by atoms with E-state index >= 15 is 0 Å². The first-order chi connectivity index (χ1) is 32.6. The minimum atomic E-state index is -1.18. The minimum absolute atomic E-state index is 0.132. The summed E-state index contributed by atoms with van der Waals surface area (Å²) in [5.41, 5.74) is 5.70. The summed E-state index contributed by atoms with van der Waals surface area (Å²) in [5, 5.41) is 8.01. The van der Waals surface area contributed by atoms with Gasteiger partial charge in [-0.3, -0.25) is 19.2 Å². The number of amides is 2. The molecule has 342 valence electrons. The third kappa shape index (κ3) is 11.3. The quantitative estimate of drug-likeness (QED) is 0.0871. The average Bonchev–Trinajstić information content (AvgIpc) is 3.79. The van der Waals surface area contributed by atoms with Gasteiger partial charge in [-0.2, -0.15) is 0 Å². The zero-order valence-corrected chi connectivity index (χ0v) is 40.1. The van der Waals surface area contributed by atoms with Crippen LogP contribution in [0.1, 0.15) is 70.7 Å². The van der Waals surface area contributed by atoms with Crippen LogP contribution in [0.4, 0.5) is 0 Å². The molecule has 12 heteroatoms. The lowest BCUT2D eigenvalue weighted by Crippen LogP contribution is -2.47. The van der Waals surface area contributed by atoms with Gasteiger partial charge in [-0.1, -0.05) is 83.9 Å². The molecule has 0 aliphatic carbocycles. The number of carbonyl (C=O) groups is 4. The van der Waals surface area contributed by atoms with Gasteiger partial charge in [-0.25, -0.2) is 4.98 Å². The van der Waals surface area contributed by atoms with Crippen LogP contribution < -0.4 is 20.1 Å². The van der Waals surface area contributed by atoms with Crippen LogP contribution in [-0.4, -0.2) is 46.1 Å². The second kappa shape index (κ2) is 20.4. The summed E-state index contributed by atoms with van der Waals surface area (Å²) in [5.74, 6) is 0.139. The highest BCUT2D eigenvalue weighted by Gasteiger charge is 2.31. The van der Waals surface area contributed by atoms with Crippen LogP contribution in [0, 0.1) is 0 Å². The van der Waals surface area contributed by atoms with Gasteiger partial charge in [0.25, 0.3) is 11.8 Å². The normalized spacial score (nSPS) is 11.5. The first-order valence-electron chi connectivity index (χ1n) is 22.0. The predicted octanol–water partition coefficient (Wildman–Crippen LogP) is 12.4. The Balaban J connectivity index is 0.836. The lowest BCUT2D eigenvalue weighted by molar-refractivity contribution is -0.134. The molecule has 0 bridgehead atoms.